The van der Waals surface area contributed by atoms with Gasteiger partial charge in [0.05, 0.1) is 5.69 Å². The number of aromatic nitrogens is 2. The fourth-order valence-corrected chi connectivity index (χ4v) is 0.788. The van der Waals surface area contributed by atoms with Gasteiger partial charge in [0, 0.05) is 12.2 Å². The zero-order chi connectivity index (χ0) is 7.40. The van der Waals surface area contributed by atoms with Crippen molar-refractivity contribution in [2.24, 2.45) is 0 Å². The van der Waals surface area contributed by atoms with E-state index in [0.29, 0.717) is 0 Å². The van der Waals surface area contributed by atoms with Crippen LogP contribution in [0.15, 0.2) is 12.4 Å². The second kappa shape index (κ2) is 3.27. The standard InChI is InChI=1S/C7H11N3/c1-6-3-7(4-8-2)10-5-9-6/h3,5,8H,4H2,1-2H3. The van der Waals surface area contributed by atoms with Crippen LogP contribution in [0, 0.1) is 6.92 Å². The van der Waals surface area contributed by atoms with Crippen LogP contribution in [0.1, 0.15) is 11.4 Å². The molecule has 1 aromatic heterocycles. The molecule has 3 heteroatoms. The van der Waals surface area contributed by atoms with Crippen molar-refractivity contribution in [3.63, 3.8) is 0 Å². The predicted octanol–water partition coefficient (Wildman–Crippen LogP) is 0.504. The number of nitrogens with one attached hydrogen (secondary N) is 1. The Morgan fingerprint density at radius 3 is 2.90 bits per heavy atom. The van der Waals surface area contributed by atoms with E-state index in [1.165, 1.54) is 0 Å². The first-order valence-electron chi connectivity index (χ1n) is 3.25. The molecule has 0 atom stereocenters. The average Bonchev–Trinajstić information content (AvgIpc) is 1.88. The number of hydrogen-bond acceptors (Lipinski definition) is 3. The Morgan fingerprint density at radius 1 is 1.50 bits per heavy atom. The summed E-state index contributed by atoms with van der Waals surface area (Å²) in [6.07, 6.45) is 1.59. The molecule has 54 valence electrons. The molecule has 3 nitrogen and oxygen atoms in total. The van der Waals surface area contributed by atoms with Gasteiger partial charge in [-0.25, -0.2) is 9.97 Å². The Bertz CT molecular complexity index is 210. The van der Waals surface area contributed by atoms with E-state index >= 15 is 0 Å². The molecule has 0 saturated carbocycles. The van der Waals surface area contributed by atoms with Crippen molar-refractivity contribution < 1.29 is 0 Å². The third kappa shape index (κ3) is 1.77. The predicted molar refractivity (Wildman–Crippen MR) is 39.5 cm³/mol. The SMILES string of the molecule is CNCc1cc(C)ncn1. The van der Waals surface area contributed by atoms with E-state index in [1.807, 2.05) is 20.0 Å². The van der Waals surface area contributed by atoms with Gasteiger partial charge in [-0.15, -0.1) is 0 Å². The minimum absolute atomic E-state index is 0.809. The first-order valence-corrected chi connectivity index (χ1v) is 3.25. The third-order valence-electron chi connectivity index (χ3n) is 1.22. The molecule has 0 saturated heterocycles. The van der Waals surface area contributed by atoms with Gasteiger partial charge in [0.1, 0.15) is 6.33 Å². The molecule has 0 fully saturated rings. The van der Waals surface area contributed by atoms with Crippen LogP contribution in [-0.4, -0.2) is 17.0 Å². The van der Waals surface area contributed by atoms with Crippen LogP contribution in [0.2, 0.25) is 0 Å². The topological polar surface area (TPSA) is 37.8 Å². The van der Waals surface area contributed by atoms with Crippen LogP contribution in [0.25, 0.3) is 0 Å². The van der Waals surface area contributed by atoms with E-state index in [9.17, 15) is 0 Å². The molecule has 0 aromatic carbocycles. The van der Waals surface area contributed by atoms with Gasteiger partial charge >= 0.3 is 0 Å². The van der Waals surface area contributed by atoms with Crippen molar-refractivity contribution in [3.8, 4) is 0 Å². The average molecular weight is 137 g/mol. The van der Waals surface area contributed by atoms with Gasteiger partial charge in [-0.05, 0) is 20.0 Å². The van der Waals surface area contributed by atoms with Gasteiger partial charge in [0.2, 0.25) is 0 Å². The van der Waals surface area contributed by atoms with Gasteiger partial charge in [-0.2, -0.15) is 0 Å². The lowest BCUT2D eigenvalue weighted by atomic mass is 10.3. The lowest BCUT2D eigenvalue weighted by molar-refractivity contribution is 0.783. The molecule has 1 aromatic rings. The highest BCUT2D eigenvalue weighted by molar-refractivity contribution is 5.05. The van der Waals surface area contributed by atoms with Gasteiger partial charge < -0.3 is 5.32 Å². The Labute approximate surface area is 60.5 Å². The largest absolute Gasteiger partial charge is 0.314 e. The van der Waals surface area contributed by atoms with Gasteiger partial charge in [-0.1, -0.05) is 0 Å². The highest BCUT2D eigenvalue weighted by Gasteiger charge is 1.91. The Hall–Kier alpha value is -0.960. The molecule has 0 amide bonds. The lowest BCUT2D eigenvalue weighted by Crippen LogP contribution is -2.07. The van der Waals surface area contributed by atoms with Gasteiger partial charge in [-0.3, -0.25) is 0 Å². The molecule has 10 heavy (non-hydrogen) atoms. The Balaban J connectivity index is 2.75. The maximum absolute atomic E-state index is 4.06. The number of hydrogen-bond donors (Lipinski definition) is 1. The van der Waals surface area contributed by atoms with Crippen molar-refractivity contribution in [1.29, 1.82) is 0 Å². The van der Waals surface area contributed by atoms with Crippen LogP contribution < -0.4 is 5.32 Å². The summed E-state index contributed by atoms with van der Waals surface area (Å²) < 4.78 is 0. The summed E-state index contributed by atoms with van der Waals surface area (Å²) in [4.78, 5) is 8.04. The van der Waals surface area contributed by atoms with Gasteiger partial charge in [0.15, 0.2) is 0 Å². The van der Waals surface area contributed by atoms with Crippen LogP contribution in [0.5, 0.6) is 0 Å². The minimum atomic E-state index is 0.809. The van der Waals surface area contributed by atoms with E-state index in [4.69, 9.17) is 0 Å². The summed E-state index contributed by atoms with van der Waals surface area (Å²) in [5.41, 5.74) is 2.05. The molecular weight excluding hydrogens is 126 g/mol. The van der Waals surface area contributed by atoms with Crippen LogP contribution in [0.4, 0.5) is 0 Å². The van der Waals surface area contributed by atoms with Crippen molar-refractivity contribution in [2.45, 2.75) is 13.5 Å². The lowest BCUT2D eigenvalue weighted by Gasteiger charge is -1.97. The fraction of sp³-hybridized carbons (Fsp3) is 0.429. The summed E-state index contributed by atoms with van der Waals surface area (Å²) in [5.74, 6) is 0. The second-order valence-corrected chi connectivity index (χ2v) is 2.18. The fourth-order valence-electron chi connectivity index (χ4n) is 0.788. The van der Waals surface area contributed by atoms with E-state index in [2.05, 4.69) is 15.3 Å². The molecule has 0 aliphatic rings. The van der Waals surface area contributed by atoms with E-state index in [1.54, 1.807) is 6.33 Å². The molecule has 1 heterocycles. The maximum Gasteiger partial charge on any atom is 0.115 e. The molecule has 0 aliphatic carbocycles. The second-order valence-electron chi connectivity index (χ2n) is 2.18. The summed E-state index contributed by atoms with van der Waals surface area (Å²) in [6.45, 7) is 2.77. The van der Waals surface area contributed by atoms with E-state index < -0.39 is 0 Å². The molecule has 0 aliphatic heterocycles. The minimum Gasteiger partial charge on any atom is -0.314 e. The highest BCUT2D eigenvalue weighted by atomic mass is 14.9. The molecule has 1 N–H and O–H groups in total. The third-order valence-corrected chi connectivity index (χ3v) is 1.22. The molecule has 0 spiro atoms. The summed E-state index contributed by atoms with van der Waals surface area (Å²) >= 11 is 0. The van der Waals surface area contributed by atoms with Crippen LogP contribution in [-0.2, 0) is 6.54 Å². The Kier molecular flexibility index (Phi) is 2.34. The maximum atomic E-state index is 4.06. The van der Waals surface area contributed by atoms with Crippen LogP contribution >= 0.6 is 0 Å². The number of rotatable bonds is 2. The smallest absolute Gasteiger partial charge is 0.115 e. The van der Waals surface area contributed by atoms with Crippen molar-refractivity contribution >= 4 is 0 Å². The highest BCUT2D eigenvalue weighted by Crippen LogP contribution is 1.94. The van der Waals surface area contributed by atoms with Gasteiger partial charge in [0.25, 0.3) is 0 Å². The van der Waals surface area contributed by atoms with E-state index in [-0.39, 0.29) is 0 Å². The first-order chi connectivity index (χ1) is 4.83. The normalized spacial score (nSPS) is 9.80. The van der Waals surface area contributed by atoms with Crippen molar-refractivity contribution in [2.75, 3.05) is 7.05 Å². The van der Waals surface area contributed by atoms with E-state index in [0.717, 1.165) is 17.9 Å². The summed E-state index contributed by atoms with van der Waals surface area (Å²) in [7, 11) is 1.90. The quantitative estimate of drug-likeness (QED) is 0.645. The zero-order valence-corrected chi connectivity index (χ0v) is 6.26. The van der Waals surface area contributed by atoms with Crippen LogP contribution in [0.3, 0.4) is 0 Å². The van der Waals surface area contributed by atoms with Crippen molar-refractivity contribution in [1.82, 2.24) is 15.3 Å². The first kappa shape index (κ1) is 7.15. The zero-order valence-electron chi connectivity index (χ0n) is 6.26. The summed E-state index contributed by atoms with van der Waals surface area (Å²) in [5, 5.41) is 3.02. The van der Waals surface area contributed by atoms with Crippen molar-refractivity contribution in [3.05, 3.63) is 23.8 Å². The number of nitrogens with zero attached hydrogens (tertiary/aromatic N) is 2. The summed E-state index contributed by atoms with van der Waals surface area (Å²) in [6, 6.07) is 1.97. The number of aryl methyl sites for hydroxylation is 1. The molecule has 0 unspecified atom stereocenters. The molecule has 0 bridgehead atoms. The molecular formula is C7H11N3. The molecule has 1 rings (SSSR count). The monoisotopic (exact) mass is 137 g/mol. The molecule has 0 radical (unpaired) electrons. The Morgan fingerprint density at radius 2 is 2.30 bits per heavy atom.